The molecule has 29 heavy (non-hydrogen) atoms. The fraction of sp³-hybridized carbons (Fsp3) is 0.318. The molecular weight excluding hydrogens is 411 g/mol. The highest BCUT2D eigenvalue weighted by atomic mass is 35.5. The molecule has 3 heterocycles. The maximum Gasteiger partial charge on any atom is 0.239 e. The van der Waals surface area contributed by atoms with E-state index in [1.54, 1.807) is 42.5 Å². The SMILES string of the molecule is O=C(c1ccccc1)[C@@H]1[C@H]2C(=O)N(c3cccc(Cl)c3Cl)C(=O)[C@@H]2[C@H]2CCCN21. The van der Waals surface area contributed by atoms with Crippen molar-refractivity contribution in [3.63, 3.8) is 0 Å². The first-order chi connectivity index (χ1) is 14.0. The molecule has 0 aliphatic carbocycles. The summed E-state index contributed by atoms with van der Waals surface area (Å²) in [7, 11) is 0. The highest BCUT2D eigenvalue weighted by Gasteiger charge is 2.64. The van der Waals surface area contributed by atoms with Gasteiger partial charge in [0.1, 0.15) is 0 Å². The zero-order chi connectivity index (χ0) is 20.3. The molecule has 5 rings (SSSR count). The Labute approximate surface area is 178 Å². The number of carbonyl (C=O) groups is 3. The van der Waals surface area contributed by atoms with Gasteiger partial charge in [0.05, 0.1) is 33.6 Å². The number of ketones is 1. The molecule has 0 N–H and O–H groups in total. The van der Waals surface area contributed by atoms with Crippen LogP contribution in [0.3, 0.4) is 0 Å². The molecular formula is C22H18Cl2N2O3. The third-order valence-electron chi connectivity index (χ3n) is 6.35. The van der Waals surface area contributed by atoms with Crippen LogP contribution in [0.5, 0.6) is 0 Å². The average molecular weight is 429 g/mol. The molecule has 2 aromatic carbocycles. The van der Waals surface area contributed by atoms with Gasteiger partial charge in [0.2, 0.25) is 11.8 Å². The molecule has 0 aromatic heterocycles. The van der Waals surface area contributed by atoms with E-state index >= 15 is 0 Å². The largest absolute Gasteiger partial charge is 0.292 e. The Morgan fingerprint density at radius 1 is 0.931 bits per heavy atom. The summed E-state index contributed by atoms with van der Waals surface area (Å²) in [6, 6.07) is 13.1. The Bertz CT molecular complexity index is 1030. The van der Waals surface area contributed by atoms with E-state index in [0.29, 0.717) is 11.3 Å². The molecule has 0 bridgehead atoms. The van der Waals surface area contributed by atoms with Crippen molar-refractivity contribution in [2.75, 3.05) is 11.4 Å². The van der Waals surface area contributed by atoms with Gasteiger partial charge >= 0.3 is 0 Å². The quantitative estimate of drug-likeness (QED) is 0.550. The van der Waals surface area contributed by atoms with Crippen LogP contribution in [0.2, 0.25) is 10.0 Å². The molecule has 2 aromatic rings. The van der Waals surface area contributed by atoms with Crippen LogP contribution in [0.1, 0.15) is 23.2 Å². The van der Waals surface area contributed by atoms with Crippen LogP contribution in [-0.4, -0.2) is 41.1 Å². The zero-order valence-electron chi connectivity index (χ0n) is 15.4. The fourth-order valence-corrected chi connectivity index (χ4v) is 5.57. The van der Waals surface area contributed by atoms with Crippen LogP contribution >= 0.6 is 23.2 Å². The third kappa shape index (κ3) is 2.68. The number of nitrogens with zero attached hydrogens (tertiary/aromatic N) is 2. The first kappa shape index (κ1) is 18.8. The maximum absolute atomic E-state index is 13.5. The van der Waals surface area contributed by atoms with E-state index < -0.39 is 17.9 Å². The maximum atomic E-state index is 13.5. The Morgan fingerprint density at radius 3 is 2.41 bits per heavy atom. The number of imide groups is 1. The molecule has 0 spiro atoms. The van der Waals surface area contributed by atoms with E-state index in [0.717, 1.165) is 24.3 Å². The number of hydrogen-bond acceptors (Lipinski definition) is 4. The molecule has 0 radical (unpaired) electrons. The van der Waals surface area contributed by atoms with Crippen LogP contribution in [0.15, 0.2) is 48.5 Å². The molecule has 0 unspecified atom stereocenters. The predicted molar refractivity (Wildman–Crippen MR) is 110 cm³/mol. The number of Topliss-reactive ketones (excluding diaryl/α,β-unsaturated/α-hetero) is 1. The third-order valence-corrected chi connectivity index (χ3v) is 7.16. The number of rotatable bonds is 3. The van der Waals surface area contributed by atoms with E-state index in [-0.39, 0.29) is 33.7 Å². The van der Waals surface area contributed by atoms with Gasteiger partial charge in [-0.15, -0.1) is 0 Å². The number of fused-ring (bicyclic) bond motifs is 3. The number of anilines is 1. The summed E-state index contributed by atoms with van der Waals surface area (Å²) in [5.41, 5.74) is 0.849. The minimum atomic E-state index is -0.699. The van der Waals surface area contributed by atoms with Crippen LogP contribution < -0.4 is 4.90 Å². The van der Waals surface area contributed by atoms with Gasteiger partial charge in [-0.1, -0.05) is 59.6 Å². The second-order valence-electron chi connectivity index (χ2n) is 7.76. The Morgan fingerprint density at radius 2 is 1.66 bits per heavy atom. The van der Waals surface area contributed by atoms with Crippen molar-refractivity contribution in [1.29, 1.82) is 0 Å². The van der Waals surface area contributed by atoms with Crippen LogP contribution in [-0.2, 0) is 9.59 Å². The van der Waals surface area contributed by atoms with Crippen molar-refractivity contribution in [3.8, 4) is 0 Å². The minimum Gasteiger partial charge on any atom is -0.292 e. The van der Waals surface area contributed by atoms with Crippen molar-refractivity contribution < 1.29 is 14.4 Å². The van der Waals surface area contributed by atoms with Crippen molar-refractivity contribution in [2.24, 2.45) is 11.8 Å². The monoisotopic (exact) mass is 428 g/mol. The van der Waals surface area contributed by atoms with Gasteiger partial charge in [0.25, 0.3) is 0 Å². The second kappa shape index (κ2) is 6.94. The van der Waals surface area contributed by atoms with E-state index in [9.17, 15) is 14.4 Å². The van der Waals surface area contributed by atoms with Crippen molar-refractivity contribution in [1.82, 2.24) is 4.90 Å². The summed E-state index contributed by atoms with van der Waals surface area (Å²) in [5, 5.41) is 0.450. The summed E-state index contributed by atoms with van der Waals surface area (Å²) >= 11 is 12.4. The van der Waals surface area contributed by atoms with Gasteiger partial charge in [-0.05, 0) is 31.5 Å². The summed E-state index contributed by atoms with van der Waals surface area (Å²) in [4.78, 5) is 43.4. The Balaban J connectivity index is 1.58. The van der Waals surface area contributed by atoms with Crippen molar-refractivity contribution >= 4 is 46.5 Å². The molecule has 5 nitrogen and oxygen atoms in total. The number of carbonyl (C=O) groups excluding carboxylic acids is 3. The minimum absolute atomic E-state index is 0.0999. The molecule has 3 aliphatic rings. The Kier molecular flexibility index (Phi) is 4.50. The number of amides is 2. The summed E-state index contributed by atoms with van der Waals surface area (Å²) in [6.07, 6.45) is 1.71. The van der Waals surface area contributed by atoms with Crippen LogP contribution in [0, 0.1) is 11.8 Å². The first-order valence-electron chi connectivity index (χ1n) is 9.67. The van der Waals surface area contributed by atoms with Crippen molar-refractivity contribution in [3.05, 3.63) is 64.1 Å². The summed E-state index contributed by atoms with van der Waals surface area (Å²) < 4.78 is 0. The normalized spacial score (nSPS) is 28.7. The predicted octanol–water partition coefficient (Wildman–Crippen LogP) is 3.83. The van der Waals surface area contributed by atoms with Gasteiger partial charge in [0.15, 0.2) is 5.78 Å². The van der Waals surface area contributed by atoms with E-state index in [2.05, 4.69) is 4.90 Å². The van der Waals surface area contributed by atoms with Gasteiger partial charge in [-0.3, -0.25) is 19.3 Å². The lowest BCUT2D eigenvalue weighted by Gasteiger charge is -2.27. The van der Waals surface area contributed by atoms with Crippen LogP contribution in [0.4, 0.5) is 5.69 Å². The zero-order valence-corrected chi connectivity index (χ0v) is 16.9. The number of halogens is 2. The summed E-state index contributed by atoms with van der Waals surface area (Å²) in [5.74, 6) is -1.99. The van der Waals surface area contributed by atoms with Crippen LogP contribution in [0.25, 0.3) is 0 Å². The highest BCUT2D eigenvalue weighted by molar-refractivity contribution is 6.45. The standard InChI is InChI=1S/C22H18Cl2N2O3/c23-13-8-4-9-15(18(13)24)26-21(28)16-14-10-5-11-25(14)19(17(16)22(26)29)20(27)12-6-2-1-3-7-12/h1-4,6-9,14,16-17,19H,5,10-11H2/t14-,16-,17+,19+/m1/s1. The molecule has 3 fully saturated rings. The summed E-state index contributed by atoms with van der Waals surface area (Å²) in [6.45, 7) is 0.722. The molecule has 2 amide bonds. The van der Waals surface area contributed by atoms with E-state index in [4.69, 9.17) is 23.2 Å². The van der Waals surface area contributed by atoms with E-state index in [1.807, 2.05) is 6.07 Å². The lowest BCUT2D eigenvalue weighted by atomic mass is 9.85. The lowest BCUT2D eigenvalue weighted by Crippen LogP contribution is -2.46. The van der Waals surface area contributed by atoms with Crippen molar-refractivity contribution in [2.45, 2.75) is 24.9 Å². The number of hydrogen-bond donors (Lipinski definition) is 0. The molecule has 3 saturated heterocycles. The second-order valence-corrected chi connectivity index (χ2v) is 8.54. The average Bonchev–Trinajstić information content (AvgIpc) is 3.37. The van der Waals surface area contributed by atoms with E-state index in [1.165, 1.54) is 0 Å². The van der Waals surface area contributed by atoms with Gasteiger partial charge in [-0.2, -0.15) is 0 Å². The van der Waals surface area contributed by atoms with Gasteiger partial charge < -0.3 is 0 Å². The smallest absolute Gasteiger partial charge is 0.239 e. The molecule has 148 valence electrons. The number of benzene rings is 2. The van der Waals surface area contributed by atoms with Gasteiger partial charge in [0, 0.05) is 11.6 Å². The molecule has 3 aliphatic heterocycles. The molecule has 4 atom stereocenters. The lowest BCUT2D eigenvalue weighted by molar-refractivity contribution is -0.123. The molecule has 0 saturated carbocycles. The first-order valence-corrected chi connectivity index (χ1v) is 10.4. The van der Waals surface area contributed by atoms with Gasteiger partial charge in [-0.25, -0.2) is 4.90 Å². The Hall–Kier alpha value is -2.21. The highest BCUT2D eigenvalue weighted by Crippen LogP contribution is 2.49. The topological polar surface area (TPSA) is 57.7 Å². The molecule has 7 heteroatoms. The fourth-order valence-electron chi connectivity index (χ4n) is 5.19.